The van der Waals surface area contributed by atoms with E-state index < -0.39 is 5.97 Å². The van der Waals surface area contributed by atoms with Crippen LogP contribution in [0.1, 0.15) is 11.5 Å². The maximum Gasteiger partial charge on any atom is 0.309 e. The zero-order valence-corrected chi connectivity index (χ0v) is 10.8. The number of carboxylic acid groups (broad SMARTS) is 1. The monoisotopic (exact) mass is 268 g/mol. The van der Waals surface area contributed by atoms with E-state index in [1.165, 1.54) is 0 Å². The normalized spacial score (nSPS) is 10.8. The second-order valence-electron chi connectivity index (χ2n) is 4.46. The second kappa shape index (κ2) is 4.73. The highest BCUT2D eigenvalue weighted by atomic mass is 16.4. The van der Waals surface area contributed by atoms with Crippen molar-refractivity contribution >= 4 is 11.6 Å². The van der Waals surface area contributed by atoms with E-state index in [4.69, 9.17) is 5.11 Å². The fourth-order valence-corrected chi connectivity index (χ4v) is 2.10. The molecule has 0 aromatic carbocycles. The SMILES string of the molecule is Cc1nc(-c2ccncc2)cc2nc(CC(=O)O)cn12. The first-order valence-electron chi connectivity index (χ1n) is 6.11. The Morgan fingerprint density at radius 1 is 1.30 bits per heavy atom. The van der Waals surface area contributed by atoms with Gasteiger partial charge in [0.25, 0.3) is 0 Å². The number of carboxylic acids is 1. The molecule has 0 aliphatic heterocycles. The third kappa shape index (κ3) is 2.23. The Morgan fingerprint density at radius 3 is 2.75 bits per heavy atom. The highest BCUT2D eigenvalue weighted by molar-refractivity contribution is 5.70. The molecule has 100 valence electrons. The van der Waals surface area contributed by atoms with Crippen molar-refractivity contribution < 1.29 is 9.90 Å². The molecular weight excluding hydrogens is 256 g/mol. The van der Waals surface area contributed by atoms with Gasteiger partial charge in [-0.25, -0.2) is 9.97 Å². The number of aromatic nitrogens is 4. The molecule has 3 rings (SSSR count). The van der Waals surface area contributed by atoms with E-state index in [-0.39, 0.29) is 6.42 Å². The van der Waals surface area contributed by atoms with Gasteiger partial charge in [0.2, 0.25) is 0 Å². The average Bonchev–Trinajstić information content (AvgIpc) is 2.82. The van der Waals surface area contributed by atoms with Crippen LogP contribution in [0.4, 0.5) is 0 Å². The van der Waals surface area contributed by atoms with E-state index in [1.807, 2.05) is 25.1 Å². The smallest absolute Gasteiger partial charge is 0.309 e. The van der Waals surface area contributed by atoms with Crippen LogP contribution in [0.2, 0.25) is 0 Å². The summed E-state index contributed by atoms with van der Waals surface area (Å²) in [7, 11) is 0. The van der Waals surface area contributed by atoms with Crippen LogP contribution < -0.4 is 0 Å². The Kier molecular flexibility index (Phi) is 2.90. The van der Waals surface area contributed by atoms with Crippen molar-refractivity contribution in [3.63, 3.8) is 0 Å². The first kappa shape index (κ1) is 12.3. The molecule has 1 N–H and O–H groups in total. The number of fused-ring (bicyclic) bond motifs is 1. The molecule has 3 aromatic rings. The standard InChI is InChI=1S/C14H12N4O2/c1-9-16-12(10-2-4-15-5-3-10)7-13-17-11(6-14(19)20)8-18(9)13/h2-5,7-8H,6H2,1H3,(H,19,20). The summed E-state index contributed by atoms with van der Waals surface area (Å²) in [6.45, 7) is 1.86. The van der Waals surface area contributed by atoms with Gasteiger partial charge in [-0.2, -0.15) is 0 Å². The highest BCUT2D eigenvalue weighted by Gasteiger charge is 2.10. The molecule has 0 bridgehead atoms. The molecule has 0 atom stereocenters. The molecular formula is C14H12N4O2. The summed E-state index contributed by atoms with van der Waals surface area (Å²) < 4.78 is 1.79. The Balaban J connectivity index is 2.11. The van der Waals surface area contributed by atoms with Crippen LogP contribution in [0.5, 0.6) is 0 Å². The van der Waals surface area contributed by atoms with Gasteiger partial charge in [-0.1, -0.05) is 0 Å². The Hall–Kier alpha value is -2.76. The van der Waals surface area contributed by atoms with E-state index in [1.54, 1.807) is 23.0 Å². The number of aryl methyl sites for hydroxylation is 1. The second-order valence-corrected chi connectivity index (χ2v) is 4.46. The van der Waals surface area contributed by atoms with E-state index in [0.29, 0.717) is 11.3 Å². The van der Waals surface area contributed by atoms with Crippen molar-refractivity contribution in [3.05, 3.63) is 48.3 Å². The molecule has 6 heteroatoms. The number of hydrogen-bond acceptors (Lipinski definition) is 4. The number of hydrogen-bond donors (Lipinski definition) is 1. The van der Waals surface area contributed by atoms with Crippen LogP contribution >= 0.6 is 0 Å². The fourth-order valence-electron chi connectivity index (χ4n) is 2.10. The summed E-state index contributed by atoms with van der Waals surface area (Å²) in [5.41, 5.74) is 2.97. The minimum atomic E-state index is -0.895. The summed E-state index contributed by atoms with van der Waals surface area (Å²) in [6, 6.07) is 5.59. The Morgan fingerprint density at radius 2 is 2.05 bits per heavy atom. The van der Waals surface area contributed by atoms with Gasteiger partial charge in [-0.3, -0.25) is 14.2 Å². The summed E-state index contributed by atoms with van der Waals surface area (Å²) in [5, 5.41) is 8.82. The minimum absolute atomic E-state index is 0.0916. The van der Waals surface area contributed by atoms with E-state index in [0.717, 1.165) is 17.1 Å². The first-order valence-corrected chi connectivity index (χ1v) is 6.11. The van der Waals surface area contributed by atoms with Crippen molar-refractivity contribution in [3.8, 4) is 11.3 Å². The predicted molar refractivity (Wildman–Crippen MR) is 72.3 cm³/mol. The number of rotatable bonds is 3. The van der Waals surface area contributed by atoms with Crippen LogP contribution in [0, 0.1) is 6.92 Å². The molecule has 20 heavy (non-hydrogen) atoms. The van der Waals surface area contributed by atoms with Gasteiger partial charge >= 0.3 is 5.97 Å². The lowest BCUT2D eigenvalue weighted by Crippen LogP contribution is -1.99. The lowest BCUT2D eigenvalue weighted by Gasteiger charge is -2.04. The number of pyridine rings is 1. The van der Waals surface area contributed by atoms with Gasteiger partial charge in [0, 0.05) is 30.2 Å². The minimum Gasteiger partial charge on any atom is -0.481 e. The van der Waals surface area contributed by atoms with E-state index >= 15 is 0 Å². The van der Waals surface area contributed by atoms with Crippen molar-refractivity contribution in [2.45, 2.75) is 13.3 Å². The molecule has 0 amide bonds. The number of imidazole rings is 1. The number of carbonyl (C=O) groups is 1. The molecule has 0 radical (unpaired) electrons. The van der Waals surface area contributed by atoms with E-state index in [2.05, 4.69) is 15.0 Å². The van der Waals surface area contributed by atoms with Gasteiger partial charge in [-0.05, 0) is 19.1 Å². The third-order valence-corrected chi connectivity index (χ3v) is 2.99. The topological polar surface area (TPSA) is 80.4 Å². The van der Waals surface area contributed by atoms with Gasteiger partial charge in [0.1, 0.15) is 11.5 Å². The van der Waals surface area contributed by atoms with Gasteiger partial charge in [0.05, 0.1) is 17.8 Å². The quantitative estimate of drug-likeness (QED) is 0.782. The van der Waals surface area contributed by atoms with Crippen LogP contribution in [0.15, 0.2) is 36.8 Å². The largest absolute Gasteiger partial charge is 0.481 e. The Labute approximate surface area is 114 Å². The van der Waals surface area contributed by atoms with Crippen molar-refractivity contribution in [2.75, 3.05) is 0 Å². The molecule has 6 nitrogen and oxygen atoms in total. The van der Waals surface area contributed by atoms with Gasteiger partial charge in [0.15, 0.2) is 0 Å². The molecule has 0 aliphatic rings. The molecule has 3 aromatic heterocycles. The van der Waals surface area contributed by atoms with Gasteiger partial charge < -0.3 is 5.11 Å². The molecule has 3 heterocycles. The van der Waals surface area contributed by atoms with Crippen LogP contribution in [0.25, 0.3) is 16.9 Å². The zero-order chi connectivity index (χ0) is 14.1. The molecule has 0 aliphatic carbocycles. The highest BCUT2D eigenvalue weighted by Crippen LogP contribution is 2.19. The van der Waals surface area contributed by atoms with Crippen molar-refractivity contribution in [2.24, 2.45) is 0 Å². The molecule has 0 saturated carbocycles. The number of nitrogens with zero attached hydrogens (tertiary/aromatic N) is 4. The lowest BCUT2D eigenvalue weighted by atomic mass is 10.2. The summed E-state index contributed by atoms with van der Waals surface area (Å²) in [4.78, 5) is 23.6. The van der Waals surface area contributed by atoms with Crippen molar-refractivity contribution in [1.82, 2.24) is 19.4 Å². The van der Waals surface area contributed by atoms with Gasteiger partial charge in [-0.15, -0.1) is 0 Å². The molecule has 0 fully saturated rings. The average molecular weight is 268 g/mol. The van der Waals surface area contributed by atoms with E-state index in [9.17, 15) is 4.79 Å². The fraction of sp³-hybridized carbons (Fsp3) is 0.143. The number of aliphatic carboxylic acids is 1. The molecule has 0 unspecified atom stereocenters. The summed E-state index contributed by atoms with van der Waals surface area (Å²) in [5.74, 6) is -0.133. The summed E-state index contributed by atoms with van der Waals surface area (Å²) in [6.07, 6.45) is 5.03. The predicted octanol–water partition coefficient (Wildman–Crippen LogP) is 1.73. The molecule has 0 spiro atoms. The maximum absolute atomic E-state index is 10.7. The molecule has 0 saturated heterocycles. The zero-order valence-electron chi connectivity index (χ0n) is 10.8. The summed E-state index contributed by atoms with van der Waals surface area (Å²) >= 11 is 0. The van der Waals surface area contributed by atoms with Crippen LogP contribution in [-0.4, -0.2) is 30.4 Å². The first-order chi connectivity index (χ1) is 9.63. The van der Waals surface area contributed by atoms with Crippen LogP contribution in [0.3, 0.4) is 0 Å². The Bertz CT molecular complexity index is 780. The lowest BCUT2D eigenvalue weighted by molar-refractivity contribution is -0.136. The maximum atomic E-state index is 10.7. The third-order valence-electron chi connectivity index (χ3n) is 2.99. The van der Waals surface area contributed by atoms with Crippen molar-refractivity contribution in [1.29, 1.82) is 0 Å². The van der Waals surface area contributed by atoms with Crippen LogP contribution in [-0.2, 0) is 11.2 Å².